The lowest BCUT2D eigenvalue weighted by molar-refractivity contribution is 0.0693. The van der Waals surface area contributed by atoms with Crippen molar-refractivity contribution in [1.29, 1.82) is 0 Å². The highest BCUT2D eigenvalue weighted by molar-refractivity contribution is 7.06. The Morgan fingerprint density at radius 3 is 2.58 bits per heavy atom. The summed E-state index contributed by atoms with van der Waals surface area (Å²) in [5.41, 5.74) is 5.29. The second kappa shape index (κ2) is 3.08. The monoisotopic (exact) mass is 188 g/mol. The topological polar surface area (TPSA) is 96.4 Å². The lowest BCUT2D eigenvalue weighted by Crippen LogP contribution is -2.02. The number of carbonyl (C=O) groups is 1. The molecule has 1 aromatic heterocycles. The van der Waals surface area contributed by atoms with Crippen molar-refractivity contribution in [1.82, 2.24) is 4.37 Å². The molecule has 0 amide bonds. The number of hydrogen-bond acceptors (Lipinski definition) is 5. The number of aliphatic hydroxyl groups is 1. The van der Waals surface area contributed by atoms with Crippen LogP contribution in [0.2, 0.25) is 0 Å². The largest absolute Gasteiger partial charge is 0.476 e. The maximum atomic E-state index is 10.4. The molecule has 0 aliphatic carbocycles. The van der Waals surface area contributed by atoms with Gasteiger partial charge in [-0.3, -0.25) is 0 Å². The van der Waals surface area contributed by atoms with Crippen LogP contribution in [0.5, 0.6) is 0 Å². The molecule has 1 heterocycles. The van der Waals surface area contributed by atoms with Crippen LogP contribution in [0.15, 0.2) is 0 Å². The number of nitrogens with zero attached hydrogens (tertiary/aromatic N) is 1. The van der Waals surface area contributed by atoms with Crippen LogP contribution in [0.4, 0.5) is 5.69 Å². The Morgan fingerprint density at radius 1 is 1.75 bits per heavy atom. The van der Waals surface area contributed by atoms with E-state index in [1.807, 2.05) is 0 Å². The van der Waals surface area contributed by atoms with E-state index < -0.39 is 12.1 Å². The lowest BCUT2D eigenvalue weighted by Gasteiger charge is -1.99. The van der Waals surface area contributed by atoms with E-state index in [9.17, 15) is 4.79 Å². The summed E-state index contributed by atoms with van der Waals surface area (Å²) in [5.74, 6) is -1.17. The van der Waals surface area contributed by atoms with Gasteiger partial charge in [0.25, 0.3) is 0 Å². The van der Waals surface area contributed by atoms with E-state index in [0.717, 1.165) is 11.5 Å². The molecule has 0 saturated carbocycles. The first-order chi connectivity index (χ1) is 5.54. The number of nitrogen functional groups attached to an aromatic ring is 1. The number of rotatable bonds is 2. The van der Waals surface area contributed by atoms with Gasteiger partial charge in [-0.05, 0) is 18.5 Å². The molecule has 66 valence electrons. The maximum Gasteiger partial charge on any atom is 0.357 e. The highest BCUT2D eigenvalue weighted by Crippen LogP contribution is 2.27. The van der Waals surface area contributed by atoms with Gasteiger partial charge in [-0.25, -0.2) is 4.79 Å². The SMILES string of the molecule is CC(O)c1snc(C(=O)O)c1N. The Labute approximate surface area is 72.6 Å². The van der Waals surface area contributed by atoms with Crippen LogP contribution >= 0.6 is 11.5 Å². The molecular formula is C6H8N2O3S. The second-order valence-electron chi connectivity index (χ2n) is 2.29. The van der Waals surface area contributed by atoms with E-state index in [1.165, 1.54) is 6.92 Å². The average Bonchev–Trinajstić information content (AvgIpc) is 2.30. The Morgan fingerprint density at radius 2 is 2.33 bits per heavy atom. The molecule has 1 atom stereocenters. The van der Waals surface area contributed by atoms with Crippen molar-refractivity contribution in [2.45, 2.75) is 13.0 Å². The first-order valence-corrected chi connectivity index (χ1v) is 3.97. The van der Waals surface area contributed by atoms with Crippen LogP contribution in [-0.2, 0) is 0 Å². The Balaban J connectivity index is 3.13. The zero-order valence-electron chi connectivity index (χ0n) is 6.31. The maximum absolute atomic E-state index is 10.4. The minimum atomic E-state index is -1.17. The van der Waals surface area contributed by atoms with E-state index in [0.29, 0.717) is 4.88 Å². The van der Waals surface area contributed by atoms with Crippen molar-refractivity contribution >= 4 is 23.2 Å². The van der Waals surface area contributed by atoms with Gasteiger partial charge in [-0.2, -0.15) is 4.37 Å². The molecule has 1 rings (SSSR count). The highest BCUT2D eigenvalue weighted by atomic mass is 32.1. The summed E-state index contributed by atoms with van der Waals surface area (Å²) in [7, 11) is 0. The third-order valence-corrected chi connectivity index (χ3v) is 2.37. The second-order valence-corrected chi connectivity index (χ2v) is 3.10. The van der Waals surface area contributed by atoms with Crippen LogP contribution < -0.4 is 5.73 Å². The molecule has 1 unspecified atom stereocenters. The van der Waals surface area contributed by atoms with Crippen LogP contribution in [0.25, 0.3) is 0 Å². The van der Waals surface area contributed by atoms with E-state index in [1.54, 1.807) is 0 Å². The number of anilines is 1. The fraction of sp³-hybridized carbons (Fsp3) is 0.333. The number of carboxylic acid groups (broad SMARTS) is 1. The van der Waals surface area contributed by atoms with Crippen molar-refractivity contribution in [2.24, 2.45) is 0 Å². The molecule has 0 fully saturated rings. The molecule has 0 aliphatic rings. The Bertz CT molecular complexity index is 308. The smallest absolute Gasteiger partial charge is 0.357 e. The molecule has 0 radical (unpaired) electrons. The number of aromatic nitrogens is 1. The van der Waals surface area contributed by atoms with Crippen molar-refractivity contribution in [2.75, 3.05) is 5.73 Å². The number of carboxylic acids is 1. The van der Waals surface area contributed by atoms with Crippen LogP contribution in [0, 0.1) is 0 Å². The van der Waals surface area contributed by atoms with Crippen molar-refractivity contribution < 1.29 is 15.0 Å². The molecular weight excluding hydrogens is 180 g/mol. The summed E-state index contributed by atoms with van der Waals surface area (Å²) in [6, 6.07) is 0. The van der Waals surface area contributed by atoms with Gasteiger partial charge in [0, 0.05) is 0 Å². The Hall–Kier alpha value is -1.14. The molecule has 0 aliphatic heterocycles. The average molecular weight is 188 g/mol. The van der Waals surface area contributed by atoms with E-state index in [4.69, 9.17) is 15.9 Å². The van der Waals surface area contributed by atoms with Gasteiger partial charge in [0.1, 0.15) is 0 Å². The van der Waals surface area contributed by atoms with Crippen molar-refractivity contribution in [3.05, 3.63) is 10.6 Å². The van der Waals surface area contributed by atoms with E-state index >= 15 is 0 Å². The third-order valence-electron chi connectivity index (χ3n) is 1.34. The molecule has 4 N–H and O–H groups in total. The minimum absolute atomic E-state index is 0.0579. The van der Waals surface area contributed by atoms with Crippen molar-refractivity contribution in [3.63, 3.8) is 0 Å². The number of aromatic carboxylic acids is 1. The number of hydrogen-bond donors (Lipinski definition) is 3. The summed E-state index contributed by atoms with van der Waals surface area (Å²) in [6.07, 6.45) is -0.768. The van der Waals surface area contributed by atoms with E-state index in [2.05, 4.69) is 4.37 Å². The first-order valence-electron chi connectivity index (χ1n) is 3.20. The van der Waals surface area contributed by atoms with Crippen LogP contribution in [0.1, 0.15) is 28.4 Å². The zero-order chi connectivity index (χ0) is 9.30. The van der Waals surface area contributed by atoms with Gasteiger partial charge in [0.15, 0.2) is 5.69 Å². The number of aliphatic hydroxyl groups excluding tert-OH is 1. The van der Waals surface area contributed by atoms with Gasteiger partial charge in [0.05, 0.1) is 16.7 Å². The summed E-state index contributed by atoms with van der Waals surface area (Å²) in [6.45, 7) is 1.51. The molecule has 12 heavy (non-hydrogen) atoms. The van der Waals surface area contributed by atoms with Gasteiger partial charge in [-0.1, -0.05) is 0 Å². The molecule has 0 aromatic carbocycles. The van der Waals surface area contributed by atoms with Crippen molar-refractivity contribution in [3.8, 4) is 0 Å². The van der Waals surface area contributed by atoms with Gasteiger partial charge < -0.3 is 15.9 Å². The molecule has 0 spiro atoms. The standard InChI is InChI=1S/C6H8N2O3S/c1-2(9)5-3(7)4(6(10)11)8-12-5/h2,9H,7H2,1H3,(H,10,11). The van der Waals surface area contributed by atoms with Gasteiger partial charge >= 0.3 is 5.97 Å². The summed E-state index contributed by atoms with van der Waals surface area (Å²) in [4.78, 5) is 10.8. The molecule has 0 saturated heterocycles. The highest BCUT2D eigenvalue weighted by Gasteiger charge is 2.18. The molecule has 6 heteroatoms. The molecule has 1 aromatic rings. The van der Waals surface area contributed by atoms with Gasteiger partial charge in [-0.15, -0.1) is 0 Å². The minimum Gasteiger partial charge on any atom is -0.476 e. The Kier molecular flexibility index (Phi) is 2.30. The fourth-order valence-electron chi connectivity index (χ4n) is 0.765. The van der Waals surface area contributed by atoms with E-state index in [-0.39, 0.29) is 11.4 Å². The summed E-state index contributed by atoms with van der Waals surface area (Å²) in [5, 5.41) is 17.6. The third kappa shape index (κ3) is 1.39. The summed E-state index contributed by atoms with van der Waals surface area (Å²) < 4.78 is 3.59. The first kappa shape index (κ1) is 8.95. The van der Waals surface area contributed by atoms with Gasteiger partial charge in [0.2, 0.25) is 0 Å². The normalized spacial score (nSPS) is 12.8. The van der Waals surface area contributed by atoms with Crippen LogP contribution in [-0.4, -0.2) is 20.6 Å². The summed E-state index contributed by atoms with van der Waals surface area (Å²) >= 11 is 0.907. The predicted octanol–water partition coefficient (Wildman–Crippen LogP) is 0.477. The molecule has 0 bridgehead atoms. The zero-order valence-corrected chi connectivity index (χ0v) is 7.13. The predicted molar refractivity (Wildman–Crippen MR) is 44.1 cm³/mol. The number of nitrogens with two attached hydrogens (primary N) is 1. The lowest BCUT2D eigenvalue weighted by atomic mass is 10.2. The van der Waals surface area contributed by atoms with Crippen LogP contribution in [0.3, 0.4) is 0 Å². The quantitative estimate of drug-likeness (QED) is 0.627. The molecule has 5 nitrogen and oxygen atoms in total. The fourth-order valence-corrected chi connectivity index (χ4v) is 1.48.